The van der Waals surface area contributed by atoms with Gasteiger partial charge in [0.15, 0.2) is 0 Å². The Morgan fingerprint density at radius 2 is 0.846 bits per heavy atom. The van der Waals surface area contributed by atoms with E-state index in [9.17, 15) is 0 Å². The van der Waals surface area contributed by atoms with Gasteiger partial charge in [-0.2, -0.15) is 0 Å². The first-order valence-electron chi connectivity index (χ1n) is 18.4. The molecule has 10 saturated heterocycles. The molecule has 214 valence electrons. The van der Waals surface area contributed by atoms with E-state index in [-0.39, 0.29) is 7.92 Å². The van der Waals surface area contributed by atoms with Crippen LogP contribution in [0, 0.1) is 47.3 Å². The molecule has 10 heterocycles. The van der Waals surface area contributed by atoms with Crippen molar-refractivity contribution in [1.29, 1.82) is 0 Å². The first-order valence-corrected chi connectivity index (χ1v) is 27.6. The zero-order chi connectivity index (χ0) is 25.1. The van der Waals surface area contributed by atoms with Gasteiger partial charge in [-0.1, -0.05) is 0 Å². The minimum atomic E-state index is -3.50. The van der Waals surface area contributed by atoms with Crippen LogP contribution < -0.4 is 0 Å². The summed E-state index contributed by atoms with van der Waals surface area (Å²) in [6.07, 6.45) is 17.2. The van der Waals surface area contributed by atoms with Crippen molar-refractivity contribution in [3.63, 3.8) is 0 Å². The molecule has 8 aliphatic carbocycles. The number of hydrogen-bond acceptors (Lipinski definition) is 0. The maximum atomic E-state index is 2.79. The van der Waals surface area contributed by atoms with Crippen molar-refractivity contribution in [3.8, 4) is 0 Å². The Hall–Kier alpha value is 1.38. The molecule has 3 heteroatoms. The van der Waals surface area contributed by atoms with Crippen LogP contribution in [0.5, 0.6) is 0 Å². The van der Waals surface area contributed by atoms with Gasteiger partial charge in [-0.25, -0.2) is 0 Å². The van der Waals surface area contributed by atoms with E-state index < -0.39 is 6.51 Å². The van der Waals surface area contributed by atoms with Crippen LogP contribution in [0.4, 0.5) is 0 Å². The van der Waals surface area contributed by atoms with Crippen LogP contribution in [-0.2, 0) is 6.51 Å². The molecule has 18 rings (SSSR count). The second kappa shape index (κ2) is 3.21. The molecule has 8 bridgehead atoms. The molecular formula is C36H52FeP2. The van der Waals surface area contributed by atoms with Crippen LogP contribution in [-0.4, -0.2) is 30.7 Å². The molecule has 0 aromatic rings. The molecule has 0 nitrogen and oxygen atoms in total. The van der Waals surface area contributed by atoms with Gasteiger partial charge in [-0.3, -0.25) is 0 Å². The van der Waals surface area contributed by atoms with Crippen LogP contribution in [0.3, 0.4) is 0 Å². The third kappa shape index (κ3) is 0.564. The molecule has 18 fully saturated rings. The zero-order valence-corrected chi connectivity index (χ0v) is 27.8. The van der Waals surface area contributed by atoms with Gasteiger partial charge in [0, 0.05) is 0 Å². The monoisotopic (exact) mass is 602 g/mol. The Morgan fingerprint density at radius 3 is 1.15 bits per heavy atom. The molecule has 0 radical (unpaired) electrons. The van der Waals surface area contributed by atoms with Gasteiger partial charge in [0.2, 0.25) is 0 Å². The van der Waals surface area contributed by atoms with Crippen molar-refractivity contribution in [3.05, 3.63) is 0 Å². The second-order valence-electron chi connectivity index (χ2n) is 22.5. The topological polar surface area (TPSA) is 0 Å². The molecule has 0 amide bonds. The van der Waals surface area contributed by atoms with Gasteiger partial charge >= 0.3 is 231 Å². The van der Waals surface area contributed by atoms with Crippen LogP contribution in [0.1, 0.15) is 91.9 Å². The summed E-state index contributed by atoms with van der Waals surface area (Å²) >= 11 is 0. The van der Waals surface area contributed by atoms with E-state index in [2.05, 4.69) is 27.7 Å². The molecule has 0 N–H and O–H groups in total. The minimum absolute atomic E-state index is 0.267. The fourth-order valence-corrected chi connectivity index (χ4v) is 139. The van der Waals surface area contributed by atoms with Crippen LogP contribution in [0.2, 0.25) is 38.5 Å². The molecule has 0 aromatic carbocycles. The zero-order valence-electron chi connectivity index (χ0n) is 24.9. The van der Waals surface area contributed by atoms with E-state index >= 15 is 0 Å². The van der Waals surface area contributed by atoms with Crippen LogP contribution in [0.25, 0.3) is 0 Å². The van der Waals surface area contributed by atoms with Crippen molar-refractivity contribution >= 4 is 15.8 Å². The van der Waals surface area contributed by atoms with Gasteiger partial charge < -0.3 is 0 Å². The summed E-state index contributed by atoms with van der Waals surface area (Å²) in [5, 5.41) is 0. The summed E-state index contributed by atoms with van der Waals surface area (Å²) in [7, 11) is 0.575. The van der Waals surface area contributed by atoms with Crippen molar-refractivity contribution in [2.75, 3.05) is 0 Å². The van der Waals surface area contributed by atoms with E-state index in [1.54, 1.807) is 69.0 Å². The predicted octanol–water partition coefficient (Wildman–Crippen LogP) is 10.6. The molecule has 5 unspecified atom stereocenters. The Labute approximate surface area is 229 Å². The van der Waals surface area contributed by atoms with Crippen molar-refractivity contribution < 1.29 is 6.51 Å². The second-order valence-corrected chi connectivity index (χ2v) is 52.8. The standard InChI is InChI=1S/C31H47P2.C5H5.Fe/c1-18(2)32(19(3)4)28-6-5-7-29(28)33(30-24-10-20-8-21(12-24)13-25(30)11-20)31-26-14-22-9-23(16-26)17-27(31)15-22;1-2-4-5-3-1;/h5-7,18-27,30-31H,8-17H2,1-4H3;1-5H;. The Kier molecular flexibility index (Phi) is 1.68. The van der Waals surface area contributed by atoms with E-state index in [0.717, 1.165) is 11.3 Å². The van der Waals surface area contributed by atoms with Gasteiger partial charge in [-0.15, -0.1) is 0 Å². The predicted molar refractivity (Wildman–Crippen MR) is 161 cm³/mol. The van der Waals surface area contributed by atoms with E-state index in [1.165, 1.54) is 100 Å². The first kappa shape index (κ1) is 20.4. The molecule has 5 atom stereocenters. The fourth-order valence-electron chi connectivity index (χ4n) is 28.4. The summed E-state index contributed by atoms with van der Waals surface area (Å²) in [4.78, 5) is 12.3. The molecule has 8 saturated carbocycles. The SMILES string of the molecule is CC(C)P(C(C)C)[C]12[CH]3[CH]4[CH]5[C]1(P(C1C6CC7CC(C6)CC1C7)C1C6CC7CC(C6)CC1C7)[Fe]43521678[CH]2[CH]1[CH]6[CH]7[CH]28. The van der Waals surface area contributed by atoms with Crippen LogP contribution >= 0.6 is 15.8 Å². The average Bonchev–Trinajstić information content (AvgIpc) is 3.81. The van der Waals surface area contributed by atoms with E-state index in [0.29, 0.717) is 7.92 Å². The van der Waals surface area contributed by atoms with Crippen molar-refractivity contribution in [2.24, 2.45) is 47.3 Å². The summed E-state index contributed by atoms with van der Waals surface area (Å²) in [6, 6.07) is 0. The molecule has 18 aliphatic rings. The third-order valence-corrected chi connectivity index (χ3v) is 84.8. The number of rotatable bonds is 6. The maximum absolute atomic E-state index is 3.50. The number of hydrogen-bond donors (Lipinski definition) is 0. The normalized spacial score (nSPS) is 90.1. The molecule has 0 aromatic heterocycles. The summed E-state index contributed by atoms with van der Waals surface area (Å²) in [5.74, 6) is 9.72. The van der Waals surface area contributed by atoms with Crippen molar-refractivity contribution in [2.45, 2.75) is 161 Å². The van der Waals surface area contributed by atoms with Gasteiger partial charge in [0.1, 0.15) is 0 Å². The Morgan fingerprint density at radius 1 is 0.487 bits per heavy atom. The average molecular weight is 603 g/mol. The van der Waals surface area contributed by atoms with Crippen LogP contribution in [0.15, 0.2) is 0 Å². The van der Waals surface area contributed by atoms with Gasteiger partial charge in [-0.05, 0) is 0 Å². The molecule has 39 heavy (non-hydrogen) atoms. The summed E-state index contributed by atoms with van der Waals surface area (Å²) < 4.78 is 2.36. The van der Waals surface area contributed by atoms with Gasteiger partial charge in [0.05, 0.1) is 0 Å². The Balaban J connectivity index is 1.01. The number of fused-ring (bicyclic) bond motifs is 10. The van der Waals surface area contributed by atoms with E-state index in [4.69, 9.17) is 0 Å². The molecule has 1 spiro atoms. The van der Waals surface area contributed by atoms with Crippen molar-refractivity contribution in [1.82, 2.24) is 0 Å². The molecular weight excluding hydrogens is 550 g/mol. The summed E-state index contributed by atoms with van der Waals surface area (Å²) in [6.45, 7) is 7.67. The Bertz CT molecular complexity index is 1620. The summed E-state index contributed by atoms with van der Waals surface area (Å²) in [5.41, 5.74) is 4.74. The van der Waals surface area contributed by atoms with Gasteiger partial charge in [0.25, 0.3) is 0 Å². The molecule has 10 aliphatic heterocycles. The quantitative estimate of drug-likeness (QED) is 0.210. The first-order chi connectivity index (χ1) is 18.7. The fraction of sp³-hybridized carbons (Fsp3) is 1.00. The third-order valence-electron chi connectivity index (χ3n) is 25.6. The van der Waals surface area contributed by atoms with E-state index in [1.807, 2.05) is 0 Å².